The third-order valence-electron chi connectivity index (χ3n) is 2.89. The summed E-state index contributed by atoms with van der Waals surface area (Å²) in [4.78, 5) is 4.24. The van der Waals surface area contributed by atoms with Crippen LogP contribution in [0.5, 0.6) is 0 Å². The Morgan fingerprint density at radius 1 is 1.48 bits per heavy atom. The minimum absolute atomic E-state index is 0.00974. The topological polar surface area (TPSA) is 85.1 Å². The second-order valence-corrected chi connectivity index (χ2v) is 7.23. The van der Waals surface area contributed by atoms with Gasteiger partial charge in [0.15, 0.2) is 0 Å². The van der Waals surface area contributed by atoms with Crippen LogP contribution >= 0.6 is 11.3 Å². The molecule has 0 spiro atoms. The van der Waals surface area contributed by atoms with Crippen LogP contribution in [0, 0.1) is 12.7 Å². The molecular weight excluding hydrogens is 313 g/mol. The molecule has 5 nitrogen and oxygen atoms in total. The zero-order chi connectivity index (χ0) is 15.6. The maximum Gasteiger partial charge on any atom is 0.241 e. The van der Waals surface area contributed by atoms with Crippen molar-refractivity contribution in [1.82, 2.24) is 9.71 Å². The Labute approximate surface area is 127 Å². The number of nitrogens with zero attached hydrogens (tertiary/aromatic N) is 1. The van der Waals surface area contributed by atoms with Crippen molar-refractivity contribution in [2.24, 2.45) is 5.73 Å². The van der Waals surface area contributed by atoms with Crippen molar-refractivity contribution in [2.45, 2.75) is 31.3 Å². The molecule has 0 fully saturated rings. The van der Waals surface area contributed by atoms with E-state index in [1.54, 1.807) is 6.92 Å². The van der Waals surface area contributed by atoms with Crippen molar-refractivity contribution in [1.29, 1.82) is 0 Å². The van der Waals surface area contributed by atoms with Gasteiger partial charge < -0.3 is 5.73 Å². The van der Waals surface area contributed by atoms with Crippen LogP contribution in [0.3, 0.4) is 0 Å². The largest absolute Gasteiger partial charge is 0.326 e. The van der Waals surface area contributed by atoms with E-state index < -0.39 is 21.9 Å². The zero-order valence-electron chi connectivity index (χ0n) is 11.6. The first kappa shape index (κ1) is 16.0. The van der Waals surface area contributed by atoms with E-state index >= 15 is 0 Å². The van der Waals surface area contributed by atoms with Crippen molar-refractivity contribution >= 4 is 21.4 Å². The van der Waals surface area contributed by atoms with E-state index in [9.17, 15) is 12.8 Å². The summed E-state index contributed by atoms with van der Waals surface area (Å²) >= 11 is 1.39. The normalized spacial score (nSPS) is 13.3. The molecule has 2 rings (SSSR count). The molecule has 0 saturated heterocycles. The number of benzene rings is 1. The van der Waals surface area contributed by atoms with Gasteiger partial charge in [-0.05, 0) is 32.0 Å². The molecule has 8 heteroatoms. The smallest absolute Gasteiger partial charge is 0.241 e. The average Bonchev–Trinajstić information content (AvgIpc) is 2.85. The molecule has 0 aliphatic carbocycles. The summed E-state index contributed by atoms with van der Waals surface area (Å²) in [7, 11) is -3.75. The van der Waals surface area contributed by atoms with Crippen molar-refractivity contribution in [3.63, 3.8) is 0 Å². The van der Waals surface area contributed by atoms with Crippen molar-refractivity contribution < 1.29 is 12.8 Å². The number of aromatic nitrogens is 1. The summed E-state index contributed by atoms with van der Waals surface area (Å²) in [5, 5.41) is 2.53. The monoisotopic (exact) mass is 329 g/mol. The van der Waals surface area contributed by atoms with Crippen molar-refractivity contribution in [3.8, 4) is 0 Å². The fourth-order valence-electron chi connectivity index (χ4n) is 1.80. The number of thiazole rings is 1. The van der Waals surface area contributed by atoms with Gasteiger partial charge in [-0.1, -0.05) is 0 Å². The van der Waals surface area contributed by atoms with Gasteiger partial charge in [0.1, 0.15) is 10.8 Å². The van der Waals surface area contributed by atoms with E-state index in [0.717, 1.165) is 11.8 Å². The van der Waals surface area contributed by atoms with Gasteiger partial charge in [-0.25, -0.2) is 22.5 Å². The van der Waals surface area contributed by atoms with Gasteiger partial charge in [0.05, 0.1) is 10.9 Å². The molecule has 21 heavy (non-hydrogen) atoms. The van der Waals surface area contributed by atoms with E-state index in [-0.39, 0.29) is 17.0 Å². The quantitative estimate of drug-likeness (QED) is 0.879. The van der Waals surface area contributed by atoms with Crippen LogP contribution < -0.4 is 10.5 Å². The highest BCUT2D eigenvalue weighted by atomic mass is 32.2. The molecule has 1 aromatic carbocycles. The predicted molar refractivity (Wildman–Crippen MR) is 79.9 cm³/mol. The third-order valence-corrected chi connectivity index (χ3v) is 5.57. The Morgan fingerprint density at radius 2 is 2.19 bits per heavy atom. The first-order valence-electron chi connectivity index (χ1n) is 6.26. The molecule has 1 atom stereocenters. The third kappa shape index (κ3) is 3.65. The van der Waals surface area contributed by atoms with Gasteiger partial charge in [0.25, 0.3) is 0 Å². The minimum Gasteiger partial charge on any atom is -0.326 e. The second-order valence-electron chi connectivity index (χ2n) is 4.63. The lowest BCUT2D eigenvalue weighted by molar-refractivity contribution is 0.564. The van der Waals surface area contributed by atoms with Gasteiger partial charge >= 0.3 is 0 Å². The lowest BCUT2D eigenvalue weighted by Gasteiger charge is -2.13. The molecule has 0 aliphatic heterocycles. The lowest BCUT2D eigenvalue weighted by Crippen LogP contribution is -2.27. The van der Waals surface area contributed by atoms with Gasteiger partial charge in [-0.15, -0.1) is 11.3 Å². The SMILES string of the molecule is Cc1csc(C(C)NS(=O)(=O)c2ccc(F)c(CN)c2)n1. The molecule has 0 aliphatic rings. The van der Waals surface area contributed by atoms with Crippen molar-refractivity contribution in [3.05, 3.63) is 45.7 Å². The number of halogens is 1. The Kier molecular flexibility index (Phi) is 4.72. The fourth-order valence-corrected chi connectivity index (χ4v) is 3.93. The summed E-state index contributed by atoms with van der Waals surface area (Å²) in [6.45, 7) is 3.49. The van der Waals surface area contributed by atoms with E-state index in [1.165, 1.54) is 23.5 Å². The maximum absolute atomic E-state index is 13.4. The van der Waals surface area contributed by atoms with Crippen LogP contribution in [0.25, 0.3) is 0 Å². The number of hydrogen-bond donors (Lipinski definition) is 2. The first-order valence-corrected chi connectivity index (χ1v) is 8.62. The number of rotatable bonds is 5. The van der Waals surface area contributed by atoms with E-state index in [4.69, 9.17) is 5.73 Å². The van der Waals surface area contributed by atoms with Gasteiger partial charge in [-0.2, -0.15) is 0 Å². The number of nitrogens with two attached hydrogens (primary N) is 1. The van der Waals surface area contributed by atoms with Crippen LogP contribution in [0.15, 0.2) is 28.5 Å². The molecule has 0 saturated carbocycles. The second kappa shape index (κ2) is 6.18. The standard InChI is InChI=1S/C13H16FN3O2S2/c1-8-7-20-13(16-8)9(2)17-21(18,19)11-3-4-12(14)10(5-11)6-15/h3-5,7,9,17H,6,15H2,1-2H3. The maximum atomic E-state index is 13.4. The molecule has 0 radical (unpaired) electrons. The average molecular weight is 329 g/mol. The van der Waals surface area contributed by atoms with Gasteiger partial charge in [0.2, 0.25) is 10.0 Å². The summed E-state index contributed by atoms with van der Waals surface area (Å²) < 4.78 is 40.5. The zero-order valence-corrected chi connectivity index (χ0v) is 13.3. The minimum atomic E-state index is -3.75. The number of aryl methyl sites for hydroxylation is 1. The molecule has 1 heterocycles. The molecule has 3 N–H and O–H groups in total. The molecule has 0 bridgehead atoms. The van der Waals surface area contributed by atoms with Crippen LogP contribution in [0.4, 0.5) is 4.39 Å². The van der Waals surface area contributed by atoms with E-state index in [2.05, 4.69) is 9.71 Å². The van der Waals surface area contributed by atoms with Crippen LogP contribution in [0.1, 0.15) is 29.2 Å². The summed E-state index contributed by atoms with van der Waals surface area (Å²) in [6.07, 6.45) is 0. The summed E-state index contributed by atoms with van der Waals surface area (Å²) in [5.41, 5.74) is 6.40. The Balaban J connectivity index is 2.26. The molecule has 114 valence electrons. The Morgan fingerprint density at radius 3 is 2.76 bits per heavy atom. The summed E-state index contributed by atoms with van der Waals surface area (Å²) in [6, 6.07) is 3.11. The highest BCUT2D eigenvalue weighted by Gasteiger charge is 2.21. The Bertz CT molecular complexity index is 744. The van der Waals surface area contributed by atoms with Crippen molar-refractivity contribution in [2.75, 3.05) is 0 Å². The first-order chi connectivity index (χ1) is 9.83. The molecule has 1 unspecified atom stereocenters. The van der Waals surface area contributed by atoms with Gasteiger partial charge in [0, 0.05) is 23.2 Å². The molecule has 1 aromatic heterocycles. The summed E-state index contributed by atoms with van der Waals surface area (Å²) in [5.74, 6) is -0.514. The van der Waals surface area contributed by atoms with Crippen LogP contribution in [0.2, 0.25) is 0 Å². The number of nitrogens with one attached hydrogen (secondary N) is 1. The number of sulfonamides is 1. The predicted octanol–water partition coefficient (Wildman–Crippen LogP) is 2.09. The molecular formula is C13H16FN3O2S2. The highest BCUT2D eigenvalue weighted by Crippen LogP contribution is 2.21. The Hall–Kier alpha value is -1.35. The van der Waals surface area contributed by atoms with E-state index in [1.807, 2.05) is 12.3 Å². The lowest BCUT2D eigenvalue weighted by atomic mass is 10.2. The van der Waals surface area contributed by atoms with Crippen LogP contribution in [-0.4, -0.2) is 13.4 Å². The van der Waals surface area contributed by atoms with E-state index in [0.29, 0.717) is 5.01 Å². The van der Waals surface area contributed by atoms with Gasteiger partial charge in [-0.3, -0.25) is 0 Å². The number of hydrogen-bond acceptors (Lipinski definition) is 5. The highest BCUT2D eigenvalue weighted by molar-refractivity contribution is 7.89. The fraction of sp³-hybridized carbons (Fsp3) is 0.308. The molecule has 2 aromatic rings. The van der Waals surface area contributed by atoms with Crippen LogP contribution in [-0.2, 0) is 16.6 Å². The molecule has 0 amide bonds.